The lowest BCUT2D eigenvalue weighted by Gasteiger charge is -2.35. The van der Waals surface area contributed by atoms with Crippen molar-refractivity contribution in [3.05, 3.63) is 35.1 Å². The molecule has 1 heterocycles. The molecule has 22 heavy (non-hydrogen) atoms. The predicted molar refractivity (Wildman–Crippen MR) is 76.4 cm³/mol. The van der Waals surface area contributed by atoms with Crippen molar-refractivity contribution in [3.63, 3.8) is 0 Å². The highest BCUT2D eigenvalue weighted by Crippen LogP contribution is 2.33. The fourth-order valence-electron chi connectivity index (χ4n) is 3.05. The number of nitrogens with one attached hydrogen (secondary N) is 1. The lowest BCUT2D eigenvalue weighted by Crippen LogP contribution is -2.47. The fourth-order valence-corrected chi connectivity index (χ4v) is 3.05. The van der Waals surface area contributed by atoms with Crippen molar-refractivity contribution >= 4 is 5.91 Å². The summed E-state index contributed by atoms with van der Waals surface area (Å²) in [7, 11) is 0. The van der Waals surface area contributed by atoms with Gasteiger partial charge in [-0.05, 0) is 57.0 Å². The van der Waals surface area contributed by atoms with Gasteiger partial charge in [-0.1, -0.05) is 0 Å². The minimum Gasteiger partial charge on any atom is -0.333 e. The molecule has 0 aromatic heterocycles. The van der Waals surface area contributed by atoms with Crippen LogP contribution in [0.4, 0.5) is 13.2 Å². The van der Waals surface area contributed by atoms with Crippen LogP contribution < -0.4 is 5.32 Å². The van der Waals surface area contributed by atoms with Crippen LogP contribution in [0.1, 0.15) is 48.0 Å². The highest BCUT2D eigenvalue weighted by Gasteiger charge is 2.38. The molecule has 0 atom stereocenters. The minimum atomic E-state index is -2.87. The number of hydrogen-bond acceptors (Lipinski definition) is 2. The van der Waals surface area contributed by atoms with E-state index in [1.54, 1.807) is 0 Å². The molecule has 1 aliphatic carbocycles. The van der Waals surface area contributed by atoms with Gasteiger partial charge in [-0.3, -0.25) is 4.79 Å². The smallest absolute Gasteiger partial charge is 0.266 e. The van der Waals surface area contributed by atoms with Gasteiger partial charge in [-0.15, -0.1) is 0 Å². The Morgan fingerprint density at radius 1 is 1.14 bits per heavy atom. The summed E-state index contributed by atoms with van der Waals surface area (Å²) < 4.78 is 38.9. The zero-order chi connectivity index (χ0) is 15.7. The molecule has 1 N–H and O–H groups in total. The van der Waals surface area contributed by atoms with E-state index in [0.717, 1.165) is 50.9 Å². The molecule has 6 heteroatoms. The Balaban J connectivity index is 1.82. The first kappa shape index (κ1) is 15.3. The first-order valence-electron chi connectivity index (χ1n) is 7.69. The van der Waals surface area contributed by atoms with Crippen molar-refractivity contribution in [1.29, 1.82) is 0 Å². The van der Waals surface area contributed by atoms with Gasteiger partial charge in [0.25, 0.3) is 12.3 Å². The first-order chi connectivity index (χ1) is 10.6. The lowest BCUT2D eigenvalue weighted by molar-refractivity contribution is 0.0622. The number of piperidine rings is 1. The Bertz CT molecular complexity index is 554. The second-order valence-corrected chi connectivity index (χ2v) is 5.96. The molecule has 1 amide bonds. The molecule has 0 spiro atoms. The number of nitrogens with zero attached hydrogens (tertiary/aromatic N) is 1. The number of benzene rings is 1. The maximum Gasteiger partial charge on any atom is 0.266 e. The van der Waals surface area contributed by atoms with Crippen LogP contribution in [0.25, 0.3) is 0 Å². The first-order valence-corrected chi connectivity index (χ1v) is 7.69. The van der Waals surface area contributed by atoms with E-state index in [-0.39, 0.29) is 23.6 Å². The number of carbonyl (C=O) groups excluding carboxylic acids is 1. The Kier molecular flexibility index (Phi) is 4.38. The van der Waals surface area contributed by atoms with E-state index in [4.69, 9.17) is 0 Å². The predicted octanol–water partition coefficient (Wildman–Crippen LogP) is 3.12. The summed E-state index contributed by atoms with van der Waals surface area (Å²) >= 11 is 0. The Morgan fingerprint density at radius 2 is 1.77 bits per heavy atom. The third-order valence-electron chi connectivity index (χ3n) is 4.36. The summed E-state index contributed by atoms with van der Waals surface area (Å²) in [6.45, 7) is 1.72. The van der Waals surface area contributed by atoms with E-state index in [0.29, 0.717) is 0 Å². The van der Waals surface area contributed by atoms with Gasteiger partial charge in [0, 0.05) is 17.6 Å². The van der Waals surface area contributed by atoms with Crippen LogP contribution in [-0.4, -0.2) is 36.0 Å². The fraction of sp³-hybridized carbons (Fsp3) is 0.562. The largest absolute Gasteiger partial charge is 0.333 e. The number of hydrogen-bond donors (Lipinski definition) is 1. The number of halogens is 3. The Hall–Kier alpha value is -1.56. The summed E-state index contributed by atoms with van der Waals surface area (Å²) in [6.07, 6.45) is 0.813. The van der Waals surface area contributed by atoms with Crippen molar-refractivity contribution in [2.45, 2.75) is 44.2 Å². The number of alkyl halides is 2. The molecule has 1 saturated heterocycles. The summed E-state index contributed by atoms with van der Waals surface area (Å²) in [5, 5.41) is 3.26. The van der Waals surface area contributed by atoms with Crippen LogP contribution in [0.5, 0.6) is 0 Å². The van der Waals surface area contributed by atoms with Gasteiger partial charge in [-0.25, -0.2) is 13.2 Å². The third kappa shape index (κ3) is 3.11. The highest BCUT2D eigenvalue weighted by atomic mass is 19.3. The van der Waals surface area contributed by atoms with Gasteiger partial charge in [0.05, 0.1) is 5.56 Å². The molecule has 1 aromatic rings. The van der Waals surface area contributed by atoms with E-state index in [1.165, 1.54) is 6.07 Å². The Labute approximate surface area is 127 Å². The van der Waals surface area contributed by atoms with Crippen LogP contribution in [0.2, 0.25) is 0 Å². The molecule has 0 bridgehead atoms. The molecule has 0 unspecified atom stereocenters. The van der Waals surface area contributed by atoms with Gasteiger partial charge in [-0.2, -0.15) is 0 Å². The molecule has 3 rings (SSSR count). The van der Waals surface area contributed by atoms with E-state index < -0.39 is 17.8 Å². The topological polar surface area (TPSA) is 32.3 Å². The van der Waals surface area contributed by atoms with Gasteiger partial charge < -0.3 is 10.2 Å². The van der Waals surface area contributed by atoms with Crippen molar-refractivity contribution in [2.75, 3.05) is 13.1 Å². The summed E-state index contributed by atoms with van der Waals surface area (Å²) in [5.41, 5.74) is -0.497. The van der Waals surface area contributed by atoms with Crippen LogP contribution in [0, 0.1) is 5.82 Å². The summed E-state index contributed by atoms with van der Waals surface area (Å²) in [5.74, 6) is -1.25. The summed E-state index contributed by atoms with van der Waals surface area (Å²) in [6, 6.07) is 3.64. The zero-order valence-electron chi connectivity index (χ0n) is 12.2. The zero-order valence-corrected chi connectivity index (χ0v) is 12.2. The second-order valence-electron chi connectivity index (χ2n) is 5.96. The molecule has 120 valence electrons. The monoisotopic (exact) mass is 312 g/mol. The number of amides is 1. The standard InChI is InChI=1S/C16H19F3N2O/c17-14-9-10(1-4-13(14)15(18)19)16(22)21(11-2-3-11)12-5-7-20-8-6-12/h1,4,9,11-12,15,20H,2-3,5-8H2. The molecule has 1 aromatic carbocycles. The quantitative estimate of drug-likeness (QED) is 0.926. The van der Waals surface area contributed by atoms with E-state index >= 15 is 0 Å². The van der Waals surface area contributed by atoms with E-state index in [9.17, 15) is 18.0 Å². The molecule has 1 saturated carbocycles. The Morgan fingerprint density at radius 3 is 2.32 bits per heavy atom. The summed E-state index contributed by atoms with van der Waals surface area (Å²) in [4.78, 5) is 14.6. The molecule has 0 radical (unpaired) electrons. The SMILES string of the molecule is O=C(c1ccc(C(F)F)c(F)c1)N(C1CCNCC1)C1CC1. The third-order valence-corrected chi connectivity index (χ3v) is 4.36. The average Bonchev–Trinajstić information content (AvgIpc) is 3.32. The molecule has 2 fully saturated rings. The highest BCUT2D eigenvalue weighted by molar-refractivity contribution is 5.95. The van der Waals surface area contributed by atoms with Crippen molar-refractivity contribution < 1.29 is 18.0 Å². The lowest BCUT2D eigenvalue weighted by atomic mass is 10.0. The van der Waals surface area contributed by atoms with Crippen molar-refractivity contribution in [2.24, 2.45) is 0 Å². The molecule has 3 nitrogen and oxygen atoms in total. The van der Waals surface area contributed by atoms with Gasteiger partial charge in [0.1, 0.15) is 5.82 Å². The van der Waals surface area contributed by atoms with Crippen LogP contribution >= 0.6 is 0 Å². The maximum absolute atomic E-state index is 13.7. The normalized spacial score (nSPS) is 19.5. The number of rotatable bonds is 4. The molecular weight excluding hydrogens is 293 g/mol. The van der Waals surface area contributed by atoms with E-state index in [1.807, 2.05) is 4.90 Å². The maximum atomic E-state index is 13.7. The van der Waals surface area contributed by atoms with Crippen LogP contribution in [0.15, 0.2) is 18.2 Å². The van der Waals surface area contributed by atoms with E-state index in [2.05, 4.69) is 5.32 Å². The van der Waals surface area contributed by atoms with Crippen LogP contribution in [0.3, 0.4) is 0 Å². The molecule has 2 aliphatic rings. The van der Waals surface area contributed by atoms with Crippen molar-refractivity contribution in [1.82, 2.24) is 10.2 Å². The van der Waals surface area contributed by atoms with Crippen molar-refractivity contribution in [3.8, 4) is 0 Å². The molecular formula is C16H19F3N2O. The van der Waals surface area contributed by atoms with Crippen LogP contribution in [-0.2, 0) is 0 Å². The molecule has 1 aliphatic heterocycles. The number of carbonyl (C=O) groups is 1. The van der Waals surface area contributed by atoms with Gasteiger partial charge in [0.2, 0.25) is 0 Å². The minimum absolute atomic E-state index is 0.152. The van der Waals surface area contributed by atoms with Gasteiger partial charge >= 0.3 is 0 Å². The van der Waals surface area contributed by atoms with Gasteiger partial charge in [0.15, 0.2) is 0 Å². The second kappa shape index (κ2) is 6.28. The average molecular weight is 312 g/mol.